The van der Waals surface area contributed by atoms with Crippen molar-refractivity contribution < 1.29 is 19.4 Å². The predicted molar refractivity (Wildman–Crippen MR) is 82.1 cm³/mol. The molecule has 0 aliphatic heterocycles. The van der Waals surface area contributed by atoms with Crippen LogP contribution in [-0.4, -0.2) is 44.0 Å². The number of halogens is 2. The van der Waals surface area contributed by atoms with Gasteiger partial charge in [0, 0.05) is 18.0 Å². The number of aliphatic hydroxyl groups excluding tert-OH is 1. The van der Waals surface area contributed by atoms with Crippen molar-refractivity contribution in [3.05, 3.63) is 28.2 Å². The summed E-state index contributed by atoms with van der Waals surface area (Å²) in [6.07, 6.45) is 0.952. The third-order valence-electron chi connectivity index (χ3n) is 2.50. The highest BCUT2D eigenvalue weighted by molar-refractivity contribution is 6.35. The number of amides is 1. The highest BCUT2D eigenvalue weighted by atomic mass is 35.5. The normalized spacial score (nSPS) is 10.4. The van der Waals surface area contributed by atoms with Gasteiger partial charge in [-0.15, -0.1) is 0 Å². The quantitative estimate of drug-likeness (QED) is 0.643. The summed E-state index contributed by atoms with van der Waals surface area (Å²) in [6, 6.07) is 5.00. The lowest BCUT2D eigenvalue weighted by Gasteiger charge is -2.08. The molecule has 0 heterocycles. The fourth-order valence-electron chi connectivity index (χ4n) is 1.52. The SMILES string of the molecule is O=C(CCCOc1ccc(Cl)cc1Cl)NCCOCCO. The van der Waals surface area contributed by atoms with Gasteiger partial charge in [0.2, 0.25) is 5.91 Å². The topological polar surface area (TPSA) is 67.8 Å². The van der Waals surface area contributed by atoms with Crippen molar-refractivity contribution in [3.63, 3.8) is 0 Å². The Labute approximate surface area is 134 Å². The third kappa shape index (κ3) is 8.12. The van der Waals surface area contributed by atoms with E-state index in [2.05, 4.69) is 5.32 Å². The van der Waals surface area contributed by atoms with Gasteiger partial charge in [0.1, 0.15) is 5.75 Å². The summed E-state index contributed by atoms with van der Waals surface area (Å²) < 4.78 is 10.5. The Morgan fingerprint density at radius 3 is 2.76 bits per heavy atom. The van der Waals surface area contributed by atoms with Gasteiger partial charge in [-0.05, 0) is 24.6 Å². The molecule has 5 nitrogen and oxygen atoms in total. The van der Waals surface area contributed by atoms with Gasteiger partial charge in [-0.3, -0.25) is 4.79 Å². The Balaban J connectivity index is 2.09. The van der Waals surface area contributed by atoms with Gasteiger partial charge >= 0.3 is 0 Å². The van der Waals surface area contributed by atoms with Crippen LogP contribution >= 0.6 is 23.2 Å². The van der Waals surface area contributed by atoms with Crippen molar-refractivity contribution >= 4 is 29.1 Å². The number of carbonyl (C=O) groups excluding carboxylic acids is 1. The van der Waals surface area contributed by atoms with Crippen molar-refractivity contribution in [1.29, 1.82) is 0 Å². The van der Waals surface area contributed by atoms with Crippen LogP contribution in [-0.2, 0) is 9.53 Å². The van der Waals surface area contributed by atoms with E-state index < -0.39 is 0 Å². The molecule has 0 spiro atoms. The van der Waals surface area contributed by atoms with Gasteiger partial charge in [0.25, 0.3) is 0 Å². The molecule has 0 aliphatic rings. The molecule has 1 aromatic carbocycles. The van der Waals surface area contributed by atoms with E-state index in [-0.39, 0.29) is 19.1 Å². The number of rotatable bonds is 10. The maximum atomic E-state index is 11.5. The zero-order valence-corrected chi connectivity index (χ0v) is 13.1. The Morgan fingerprint density at radius 2 is 2.05 bits per heavy atom. The van der Waals surface area contributed by atoms with Crippen LogP contribution in [0.4, 0.5) is 0 Å². The van der Waals surface area contributed by atoms with E-state index >= 15 is 0 Å². The maximum Gasteiger partial charge on any atom is 0.220 e. The van der Waals surface area contributed by atoms with Crippen LogP contribution < -0.4 is 10.1 Å². The first-order chi connectivity index (χ1) is 10.1. The molecule has 0 aromatic heterocycles. The van der Waals surface area contributed by atoms with E-state index in [1.165, 1.54) is 0 Å². The zero-order valence-electron chi connectivity index (χ0n) is 11.6. The lowest BCUT2D eigenvalue weighted by Crippen LogP contribution is -2.27. The molecule has 0 fully saturated rings. The van der Waals surface area contributed by atoms with Crippen molar-refractivity contribution in [2.24, 2.45) is 0 Å². The summed E-state index contributed by atoms with van der Waals surface area (Å²) >= 11 is 11.7. The van der Waals surface area contributed by atoms with Crippen LogP contribution in [0.5, 0.6) is 5.75 Å². The molecule has 7 heteroatoms. The second kappa shape index (κ2) is 10.7. The Morgan fingerprint density at radius 1 is 1.24 bits per heavy atom. The largest absolute Gasteiger partial charge is 0.492 e. The molecule has 0 saturated heterocycles. The number of carbonyl (C=O) groups is 1. The third-order valence-corrected chi connectivity index (χ3v) is 3.03. The summed E-state index contributed by atoms with van der Waals surface area (Å²) in [6.45, 7) is 1.49. The highest BCUT2D eigenvalue weighted by Gasteiger charge is 2.04. The van der Waals surface area contributed by atoms with Crippen LogP contribution in [0.15, 0.2) is 18.2 Å². The molecule has 2 N–H and O–H groups in total. The Hall–Kier alpha value is -1.01. The minimum absolute atomic E-state index is 0.0153. The first kappa shape index (κ1) is 18.0. The smallest absolute Gasteiger partial charge is 0.220 e. The number of benzene rings is 1. The van der Waals surface area contributed by atoms with E-state index in [0.717, 1.165) is 0 Å². The molecule has 1 rings (SSSR count). The Kier molecular flexibility index (Phi) is 9.17. The van der Waals surface area contributed by atoms with Crippen LogP contribution in [0.25, 0.3) is 0 Å². The first-order valence-corrected chi connectivity index (χ1v) is 7.42. The number of nitrogens with one attached hydrogen (secondary N) is 1. The van der Waals surface area contributed by atoms with Gasteiger partial charge in [-0.1, -0.05) is 23.2 Å². The molecule has 1 aromatic rings. The number of hydrogen-bond donors (Lipinski definition) is 2. The van der Waals surface area contributed by atoms with Crippen LogP contribution in [0.1, 0.15) is 12.8 Å². The predicted octanol–water partition coefficient (Wildman–Crippen LogP) is 2.28. The van der Waals surface area contributed by atoms with E-state index in [1.54, 1.807) is 18.2 Å². The standard InChI is InChI=1S/C14H19Cl2NO4/c15-11-3-4-13(12(16)10-11)21-7-1-2-14(19)17-5-8-20-9-6-18/h3-4,10,18H,1-2,5-9H2,(H,17,19). The fourth-order valence-corrected chi connectivity index (χ4v) is 1.99. The number of hydrogen-bond acceptors (Lipinski definition) is 4. The van der Waals surface area contributed by atoms with Gasteiger partial charge in [-0.25, -0.2) is 0 Å². The lowest BCUT2D eigenvalue weighted by molar-refractivity contribution is -0.121. The molecule has 0 bridgehead atoms. The van der Waals surface area contributed by atoms with Crippen molar-refractivity contribution in [2.45, 2.75) is 12.8 Å². The van der Waals surface area contributed by atoms with E-state index in [0.29, 0.717) is 48.4 Å². The second-order valence-electron chi connectivity index (χ2n) is 4.21. The zero-order chi connectivity index (χ0) is 15.5. The van der Waals surface area contributed by atoms with Gasteiger partial charge in [0.15, 0.2) is 0 Å². The molecule has 0 aliphatic carbocycles. The highest BCUT2D eigenvalue weighted by Crippen LogP contribution is 2.27. The van der Waals surface area contributed by atoms with Crippen molar-refractivity contribution in [2.75, 3.05) is 33.0 Å². The molecular weight excluding hydrogens is 317 g/mol. The minimum atomic E-state index is -0.0617. The number of ether oxygens (including phenoxy) is 2. The Bertz CT molecular complexity index is 443. The van der Waals surface area contributed by atoms with Crippen LogP contribution in [0.2, 0.25) is 10.0 Å². The maximum absolute atomic E-state index is 11.5. The van der Waals surface area contributed by atoms with E-state index in [1.807, 2.05) is 0 Å². The average Bonchev–Trinajstić information content (AvgIpc) is 2.45. The van der Waals surface area contributed by atoms with Crippen LogP contribution in [0.3, 0.4) is 0 Å². The van der Waals surface area contributed by atoms with Gasteiger partial charge in [0.05, 0.1) is 31.5 Å². The monoisotopic (exact) mass is 335 g/mol. The molecule has 21 heavy (non-hydrogen) atoms. The minimum Gasteiger partial charge on any atom is -0.492 e. The summed E-state index contributed by atoms with van der Waals surface area (Å²) in [5.41, 5.74) is 0. The van der Waals surface area contributed by atoms with E-state index in [9.17, 15) is 4.79 Å². The van der Waals surface area contributed by atoms with Gasteiger partial charge < -0.3 is 19.9 Å². The summed E-state index contributed by atoms with van der Waals surface area (Å²) in [5.74, 6) is 0.493. The average molecular weight is 336 g/mol. The van der Waals surface area contributed by atoms with E-state index in [4.69, 9.17) is 37.8 Å². The lowest BCUT2D eigenvalue weighted by atomic mass is 10.3. The van der Waals surface area contributed by atoms with Crippen LogP contribution in [0, 0.1) is 0 Å². The molecule has 118 valence electrons. The molecule has 0 atom stereocenters. The first-order valence-electron chi connectivity index (χ1n) is 6.66. The van der Waals surface area contributed by atoms with Crippen molar-refractivity contribution in [3.8, 4) is 5.75 Å². The molecular formula is C14H19Cl2NO4. The summed E-state index contributed by atoms with van der Waals surface area (Å²) in [5, 5.41) is 12.2. The molecule has 0 unspecified atom stereocenters. The molecule has 0 radical (unpaired) electrons. The van der Waals surface area contributed by atoms with Crippen molar-refractivity contribution in [1.82, 2.24) is 5.32 Å². The second-order valence-corrected chi connectivity index (χ2v) is 5.06. The van der Waals surface area contributed by atoms with Gasteiger partial charge in [-0.2, -0.15) is 0 Å². The molecule has 0 saturated carbocycles. The summed E-state index contributed by atoms with van der Waals surface area (Å²) in [4.78, 5) is 11.5. The fraction of sp³-hybridized carbons (Fsp3) is 0.500. The number of aliphatic hydroxyl groups is 1. The summed E-state index contributed by atoms with van der Waals surface area (Å²) in [7, 11) is 0. The molecule has 1 amide bonds.